The van der Waals surface area contributed by atoms with Gasteiger partial charge in [-0.3, -0.25) is 0 Å². The van der Waals surface area contributed by atoms with Gasteiger partial charge in [-0.25, -0.2) is 19.9 Å². The van der Waals surface area contributed by atoms with Crippen LogP contribution in [-0.2, 0) is 0 Å². The van der Waals surface area contributed by atoms with Gasteiger partial charge in [0.05, 0.1) is 11.2 Å². The van der Waals surface area contributed by atoms with Gasteiger partial charge in [-0.2, -0.15) is 0 Å². The molecule has 0 fully saturated rings. The summed E-state index contributed by atoms with van der Waals surface area (Å²) in [6, 6.07) is 71.3. The maximum Gasteiger partial charge on any atom is 0.164 e. The molecule has 0 unspecified atom stereocenters. The van der Waals surface area contributed by atoms with Crippen molar-refractivity contribution < 1.29 is 4.42 Å². The van der Waals surface area contributed by atoms with Crippen molar-refractivity contribution in [1.29, 1.82) is 0 Å². The molecule has 0 saturated heterocycles. The number of hydrogen-bond acceptors (Lipinski definition) is 6. The predicted molar refractivity (Wildman–Crippen MR) is 256 cm³/mol. The Morgan fingerprint density at radius 3 is 1.65 bits per heavy atom. The van der Waals surface area contributed by atoms with Gasteiger partial charge >= 0.3 is 0 Å². The van der Waals surface area contributed by atoms with E-state index in [4.69, 9.17) is 24.4 Å². The lowest BCUT2D eigenvalue weighted by Crippen LogP contribution is -2.00. The summed E-state index contributed by atoms with van der Waals surface area (Å²) in [6.45, 7) is 0. The van der Waals surface area contributed by atoms with Gasteiger partial charge in [-0.05, 0) is 41.0 Å². The Labute approximate surface area is 361 Å². The van der Waals surface area contributed by atoms with Crippen molar-refractivity contribution >= 4 is 54.3 Å². The highest BCUT2D eigenvalue weighted by Gasteiger charge is 2.25. The van der Waals surface area contributed by atoms with Crippen molar-refractivity contribution in [3.63, 3.8) is 0 Å². The van der Waals surface area contributed by atoms with E-state index in [9.17, 15) is 0 Å². The minimum atomic E-state index is 0.602. The lowest BCUT2D eigenvalue weighted by molar-refractivity contribution is 0.670. The average molecular weight is 811 g/mol. The fourth-order valence-corrected chi connectivity index (χ4v) is 9.97. The Hall–Kier alpha value is -8.06. The molecule has 4 aromatic heterocycles. The first-order chi connectivity index (χ1) is 30.7. The molecule has 62 heavy (non-hydrogen) atoms. The van der Waals surface area contributed by atoms with Gasteiger partial charge in [0.15, 0.2) is 17.5 Å². The van der Waals surface area contributed by atoms with E-state index < -0.39 is 0 Å². The topological polar surface area (TPSA) is 64.7 Å². The van der Waals surface area contributed by atoms with Gasteiger partial charge < -0.3 is 4.42 Å². The van der Waals surface area contributed by atoms with Gasteiger partial charge in [-0.1, -0.05) is 182 Å². The normalized spacial score (nSPS) is 11.5. The summed E-state index contributed by atoms with van der Waals surface area (Å²) >= 11 is 1.80. The molecule has 0 atom stereocenters. The number of hydrogen-bond donors (Lipinski definition) is 0. The van der Waals surface area contributed by atoms with Crippen LogP contribution in [-0.4, -0.2) is 19.9 Å². The number of para-hydroxylation sites is 3. The molecular formula is C56H34N4OS. The van der Waals surface area contributed by atoms with Crippen LogP contribution in [0.3, 0.4) is 0 Å². The first-order valence-electron chi connectivity index (χ1n) is 20.6. The first-order valence-corrected chi connectivity index (χ1v) is 21.4. The molecule has 4 heterocycles. The summed E-state index contributed by atoms with van der Waals surface area (Å²) in [4.78, 5) is 21.8. The standard InChI is InChI=1S/C56H34N4OS/c1-4-16-35(17-5-1)40-22-14-23-41(34-40)56-59-54(38-20-8-3-9-21-38)58-55(60-56)39-32-30-36(31-33-39)48-49-50(37-18-6-2-7-19-37)57-46-28-12-10-25-44(46)52(49)62-53(48)45-27-15-26-43-42-24-11-13-29-47(42)61-51(43)45/h1-34H. The van der Waals surface area contributed by atoms with E-state index >= 15 is 0 Å². The van der Waals surface area contributed by atoms with Gasteiger partial charge in [-0.15, -0.1) is 11.3 Å². The van der Waals surface area contributed by atoms with Gasteiger partial charge in [0.1, 0.15) is 11.2 Å². The third-order valence-electron chi connectivity index (χ3n) is 11.5. The van der Waals surface area contributed by atoms with Crippen LogP contribution in [0.15, 0.2) is 211 Å². The second-order valence-corrected chi connectivity index (χ2v) is 16.4. The zero-order valence-electron chi connectivity index (χ0n) is 33.2. The average Bonchev–Trinajstić information content (AvgIpc) is 3.95. The van der Waals surface area contributed by atoms with Crippen LogP contribution in [0.4, 0.5) is 0 Å². The number of nitrogens with zero attached hydrogens (tertiary/aromatic N) is 4. The number of benzene rings is 8. The zero-order chi connectivity index (χ0) is 41.0. The number of pyridine rings is 1. The van der Waals surface area contributed by atoms with Crippen molar-refractivity contribution in [2.24, 2.45) is 0 Å². The Morgan fingerprint density at radius 1 is 0.371 bits per heavy atom. The molecule has 0 saturated carbocycles. The largest absolute Gasteiger partial charge is 0.455 e. The van der Waals surface area contributed by atoms with E-state index in [0.717, 1.165) is 98.9 Å². The second kappa shape index (κ2) is 14.9. The lowest BCUT2D eigenvalue weighted by Gasteiger charge is -2.12. The molecule has 0 radical (unpaired) electrons. The molecule has 5 nitrogen and oxygen atoms in total. The highest BCUT2D eigenvalue weighted by molar-refractivity contribution is 7.24. The molecule has 290 valence electrons. The molecular weight excluding hydrogens is 777 g/mol. The Balaban J connectivity index is 1.07. The zero-order valence-corrected chi connectivity index (χ0v) is 34.1. The van der Waals surface area contributed by atoms with E-state index in [0.29, 0.717) is 17.5 Å². The van der Waals surface area contributed by atoms with Gasteiger partial charge in [0.2, 0.25) is 0 Å². The minimum Gasteiger partial charge on any atom is -0.455 e. The summed E-state index contributed by atoms with van der Waals surface area (Å²) in [5.41, 5.74) is 12.9. The molecule has 6 heteroatoms. The van der Waals surface area contributed by atoms with Crippen molar-refractivity contribution in [2.75, 3.05) is 0 Å². The van der Waals surface area contributed by atoms with Crippen LogP contribution < -0.4 is 0 Å². The van der Waals surface area contributed by atoms with Crippen LogP contribution in [0.2, 0.25) is 0 Å². The van der Waals surface area contributed by atoms with E-state index in [1.165, 1.54) is 4.70 Å². The molecule has 12 rings (SSSR count). The number of rotatable bonds is 7. The molecule has 0 bridgehead atoms. The monoisotopic (exact) mass is 810 g/mol. The van der Waals surface area contributed by atoms with Crippen LogP contribution in [0.1, 0.15) is 0 Å². The van der Waals surface area contributed by atoms with Gasteiger partial charge in [0, 0.05) is 64.5 Å². The van der Waals surface area contributed by atoms with Crippen molar-refractivity contribution in [3.8, 4) is 78.1 Å². The van der Waals surface area contributed by atoms with Gasteiger partial charge in [0.25, 0.3) is 0 Å². The summed E-state index contributed by atoms with van der Waals surface area (Å²) in [6.07, 6.45) is 0. The Kier molecular flexibility index (Phi) is 8.61. The summed E-state index contributed by atoms with van der Waals surface area (Å²) in [5, 5.41) is 4.43. The Morgan fingerprint density at radius 2 is 0.903 bits per heavy atom. The molecule has 0 amide bonds. The molecule has 0 spiro atoms. The van der Waals surface area contributed by atoms with E-state index in [1.54, 1.807) is 11.3 Å². The molecule has 8 aromatic carbocycles. The SMILES string of the molecule is c1ccc(-c2cccc(-c3nc(-c4ccccc4)nc(-c4ccc(-c5c(-c6cccc7c6oc6ccccc67)sc6c5c(-c5ccccc5)nc5ccccc56)cc4)n3)c2)cc1. The summed E-state index contributed by atoms with van der Waals surface area (Å²) < 4.78 is 7.88. The summed E-state index contributed by atoms with van der Waals surface area (Å²) in [5.74, 6) is 1.84. The number of fused-ring (bicyclic) bond motifs is 6. The maximum absolute atomic E-state index is 6.70. The van der Waals surface area contributed by atoms with Crippen molar-refractivity contribution in [1.82, 2.24) is 19.9 Å². The minimum absolute atomic E-state index is 0.602. The Bertz CT molecular complexity index is 3620. The smallest absolute Gasteiger partial charge is 0.164 e. The third-order valence-corrected chi connectivity index (χ3v) is 12.8. The highest BCUT2D eigenvalue weighted by Crippen LogP contribution is 2.52. The lowest BCUT2D eigenvalue weighted by atomic mass is 9.94. The maximum atomic E-state index is 6.70. The highest BCUT2D eigenvalue weighted by atomic mass is 32.1. The number of aromatic nitrogens is 4. The van der Waals surface area contributed by atoms with Crippen LogP contribution in [0.5, 0.6) is 0 Å². The number of thiophene rings is 1. The van der Waals surface area contributed by atoms with E-state index in [1.807, 2.05) is 48.5 Å². The predicted octanol–water partition coefficient (Wildman–Crippen LogP) is 15.2. The molecule has 0 N–H and O–H groups in total. The fourth-order valence-electron chi connectivity index (χ4n) is 8.59. The third kappa shape index (κ3) is 6.16. The van der Waals surface area contributed by atoms with Crippen molar-refractivity contribution in [3.05, 3.63) is 206 Å². The molecule has 0 aliphatic heterocycles. The van der Waals surface area contributed by atoms with E-state index in [2.05, 4.69) is 158 Å². The summed E-state index contributed by atoms with van der Waals surface area (Å²) in [7, 11) is 0. The van der Waals surface area contributed by atoms with Crippen LogP contribution in [0, 0.1) is 0 Å². The molecule has 0 aliphatic carbocycles. The van der Waals surface area contributed by atoms with Crippen molar-refractivity contribution in [2.45, 2.75) is 0 Å². The molecule has 12 aromatic rings. The van der Waals surface area contributed by atoms with Crippen LogP contribution in [0.25, 0.3) is 121 Å². The van der Waals surface area contributed by atoms with E-state index in [-0.39, 0.29) is 0 Å². The van der Waals surface area contributed by atoms with Crippen LogP contribution >= 0.6 is 11.3 Å². The first kappa shape index (κ1) is 35.8. The quantitative estimate of drug-likeness (QED) is 0.160. The number of furan rings is 1. The second-order valence-electron chi connectivity index (χ2n) is 15.3. The fraction of sp³-hybridized carbons (Fsp3) is 0. The molecule has 0 aliphatic rings.